The number of nitrogens with zero attached hydrogens (tertiary/aromatic N) is 3. The first-order chi connectivity index (χ1) is 12.9. The van der Waals surface area contributed by atoms with Gasteiger partial charge in [0, 0.05) is 14.9 Å². The number of aromatic nitrogens is 4. The molecule has 27 heavy (non-hydrogen) atoms. The summed E-state index contributed by atoms with van der Waals surface area (Å²) in [5, 5.41) is 9.17. The van der Waals surface area contributed by atoms with Gasteiger partial charge in [0.1, 0.15) is 10.7 Å². The van der Waals surface area contributed by atoms with Crippen LogP contribution in [0.3, 0.4) is 0 Å². The molecule has 9 heteroatoms. The SMILES string of the molecule is Cc1sc2nc(C(C)Sc3nnc(-c4ccc(Br)cc4)o3)[nH]c(=O)c2c1C. The summed E-state index contributed by atoms with van der Waals surface area (Å²) in [7, 11) is 0. The minimum atomic E-state index is -0.136. The number of fused-ring (bicyclic) bond motifs is 1. The Morgan fingerprint density at radius 1 is 1.22 bits per heavy atom. The first-order valence-corrected chi connectivity index (χ1v) is 10.7. The minimum Gasteiger partial charge on any atom is -0.411 e. The Bertz CT molecular complexity index is 1180. The van der Waals surface area contributed by atoms with Gasteiger partial charge in [-0.2, -0.15) is 0 Å². The molecule has 0 aliphatic carbocycles. The third-order valence-electron chi connectivity index (χ3n) is 4.22. The summed E-state index contributed by atoms with van der Waals surface area (Å²) in [6, 6.07) is 7.65. The molecule has 0 saturated heterocycles. The van der Waals surface area contributed by atoms with Crippen LogP contribution in [0.5, 0.6) is 0 Å². The average Bonchev–Trinajstić information content (AvgIpc) is 3.20. The lowest BCUT2D eigenvalue weighted by molar-refractivity contribution is 0.465. The van der Waals surface area contributed by atoms with Crippen molar-refractivity contribution < 1.29 is 4.42 Å². The van der Waals surface area contributed by atoms with Gasteiger partial charge in [-0.1, -0.05) is 27.7 Å². The van der Waals surface area contributed by atoms with E-state index in [-0.39, 0.29) is 10.8 Å². The third kappa shape index (κ3) is 3.59. The van der Waals surface area contributed by atoms with Gasteiger partial charge in [0.25, 0.3) is 10.8 Å². The summed E-state index contributed by atoms with van der Waals surface area (Å²) >= 11 is 6.31. The highest BCUT2D eigenvalue weighted by Crippen LogP contribution is 2.35. The summed E-state index contributed by atoms with van der Waals surface area (Å²) in [5.74, 6) is 1.06. The first-order valence-electron chi connectivity index (χ1n) is 8.18. The van der Waals surface area contributed by atoms with E-state index in [1.54, 1.807) is 0 Å². The number of aryl methyl sites for hydroxylation is 2. The van der Waals surface area contributed by atoms with Crippen molar-refractivity contribution in [2.45, 2.75) is 31.2 Å². The Morgan fingerprint density at radius 2 is 1.96 bits per heavy atom. The van der Waals surface area contributed by atoms with Crippen LogP contribution in [-0.4, -0.2) is 20.2 Å². The molecule has 6 nitrogen and oxygen atoms in total. The van der Waals surface area contributed by atoms with Crippen LogP contribution in [0, 0.1) is 13.8 Å². The first kappa shape index (κ1) is 18.4. The maximum atomic E-state index is 12.5. The average molecular weight is 463 g/mol. The molecule has 0 bridgehead atoms. The fourth-order valence-electron chi connectivity index (χ4n) is 2.64. The lowest BCUT2D eigenvalue weighted by Gasteiger charge is -2.07. The molecule has 0 spiro atoms. The van der Waals surface area contributed by atoms with Gasteiger partial charge >= 0.3 is 0 Å². The van der Waals surface area contributed by atoms with Gasteiger partial charge < -0.3 is 9.40 Å². The van der Waals surface area contributed by atoms with Crippen LogP contribution in [0.4, 0.5) is 0 Å². The molecular weight excluding hydrogens is 448 g/mol. The van der Waals surface area contributed by atoms with Gasteiger partial charge in [-0.15, -0.1) is 21.5 Å². The van der Waals surface area contributed by atoms with Crippen molar-refractivity contribution in [1.82, 2.24) is 20.2 Å². The van der Waals surface area contributed by atoms with Crippen LogP contribution >= 0.6 is 39.0 Å². The molecular formula is C18H15BrN4O2S2. The van der Waals surface area contributed by atoms with E-state index in [0.717, 1.165) is 25.3 Å². The van der Waals surface area contributed by atoms with Crippen LogP contribution in [-0.2, 0) is 0 Å². The highest BCUT2D eigenvalue weighted by atomic mass is 79.9. The fraction of sp³-hybridized carbons (Fsp3) is 0.222. The predicted octanol–water partition coefficient (Wildman–Crippen LogP) is 5.27. The molecule has 0 saturated carbocycles. The predicted molar refractivity (Wildman–Crippen MR) is 111 cm³/mol. The van der Waals surface area contributed by atoms with Crippen LogP contribution in [0.15, 0.2) is 43.2 Å². The van der Waals surface area contributed by atoms with Gasteiger partial charge in [0.2, 0.25) is 5.89 Å². The zero-order valence-corrected chi connectivity index (χ0v) is 18.0. The fourth-order valence-corrected chi connectivity index (χ4v) is 4.68. The van der Waals surface area contributed by atoms with Crippen LogP contribution < -0.4 is 5.56 Å². The normalized spacial score (nSPS) is 12.6. The number of thioether (sulfide) groups is 1. The number of halogens is 1. The number of thiophene rings is 1. The second-order valence-corrected chi connectivity index (χ2v) is 9.47. The molecule has 0 amide bonds. The Kier molecular flexibility index (Phi) is 4.92. The molecule has 1 unspecified atom stereocenters. The lowest BCUT2D eigenvalue weighted by atomic mass is 10.2. The molecule has 0 fully saturated rings. The molecule has 0 aliphatic rings. The zero-order chi connectivity index (χ0) is 19.1. The Hall–Kier alpha value is -1.97. The second kappa shape index (κ2) is 7.21. The summed E-state index contributed by atoms with van der Waals surface area (Å²) in [4.78, 5) is 21.9. The van der Waals surface area contributed by atoms with Crippen molar-refractivity contribution in [3.63, 3.8) is 0 Å². The van der Waals surface area contributed by atoms with Gasteiger partial charge in [-0.25, -0.2) is 4.98 Å². The maximum Gasteiger partial charge on any atom is 0.277 e. The molecule has 1 atom stereocenters. The number of benzene rings is 1. The second-order valence-electron chi connectivity index (χ2n) is 6.05. The quantitative estimate of drug-likeness (QED) is 0.415. The Labute approximate surface area is 171 Å². The van der Waals surface area contributed by atoms with Crippen molar-refractivity contribution in [2.75, 3.05) is 0 Å². The highest BCUT2D eigenvalue weighted by molar-refractivity contribution is 9.10. The smallest absolute Gasteiger partial charge is 0.277 e. The van der Waals surface area contributed by atoms with Crippen LogP contribution in [0.1, 0.15) is 28.4 Å². The van der Waals surface area contributed by atoms with E-state index in [0.29, 0.717) is 22.3 Å². The highest BCUT2D eigenvalue weighted by Gasteiger charge is 2.19. The lowest BCUT2D eigenvalue weighted by Crippen LogP contribution is -2.12. The largest absolute Gasteiger partial charge is 0.411 e. The minimum absolute atomic E-state index is 0.106. The van der Waals surface area contributed by atoms with E-state index < -0.39 is 0 Å². The van der Waals surface area contributed by atoms with E-state index in [1.807, 2.05) is 45.0 Å². The van der Waals surface area contributed by atoms with Gasteiger partial charge in [0.05, 0.1) is 10.6 Å². The van der Waals surface area contributed by atoms with E-state index in [2.05, 4.69) is 36.1 Å². The van der Waals surface area contributed by atoms with Crippen molar-refractivity contribution in [3.05, 3.63) is 55.4 Å². The molecule has 3 heterocycles. The van der Waals surface area contributed by atoms with Crippen molar-refractivity contribution in [2.24, 2.45) is 0 Å². The number of hydrogen-bond acceptors (Lipinski definition) is 7. The molecule has 4 rings (SSSR count). The monoisotopic (exact) mass is 462 g/mol. The number of aromatic amines is 1. The summed E-state index contributed by atoms with van der Waals surface area (Å²) in [5.41, 5.74) is 1.74. The van der Waals surface area contributed by atoms with E-state index in [4.69, 9.17) is 4.42 Å². The van der Waals surface area contributed by atoms with Crippen molar-refractivity contribution in [3.8, 4) is 11.5 Å². The summed E-state index contributed by atoms with van der Waals surface area (Å²) in [6.45, 7) is 5.90. The van der Waals surface area contributed by atoms with Crippen LogP contribution in [0.2, 0.25) is 0 Å². The number of hydrogen-bond donors (Lipinski definition) is 1. The standard InChI is InChI=1S/C18H15BrN4O2S2/c1-8-9(2)26-17-13(8)15(24)20-14(21-17)10(3)27-18-23-22-16(25-18)11-4-6-12(19)7-5-11/h4-7,10H,1-3H3,(H,20,21,24). The molecule has 1 N–H and O–H groups in total. The van der Waals surface area contributed by atoms with E-state index in [1.165, 1.54) is 23.1 Å². The van der Waals surface area contributed by atoms with Crippen molar-refractivity contribution in [1.29, 1.82) is 0 Å². The van der Waals surface area contributed by atoms with Gasteiger partial charge in [0.15, 0.2) is 0 Å². The van der Waals surface area contributed by atoms with E-state index >= 15 is 0 Å². The number of H-pyrrole nitrogens is 1. The molecule has 1 aromatic carbocycles. The molecule has 4 aromatic rings. The molecule has 138 valence electrons. The number of rotatable bonds is 4. The maximum absolute atomic E-state index is 12.5. The number of nitrogens with one attached hydrogen (secondary N) is 1. The van der Waals surface area contributed by atoms with Gasteiger partial charge in [-0.05, 0) is 50.6 Å². The summed E-state index contributed by atoms with van der Waals surface area (Å²) in [6.07, 6.45) is 0. The van der Waals surface area contributed by atoms with Crippen molar-refractivity contribution >= 4 is 49.2 Å². The zero-order valence-electron chi connectivity index (χ0n) is 14.7. The molecule has 0 radical (unpaired) electrons. The van der Waals surface area contributed by atoms with Crippen LogP contribution in [0.25, 0.3) is 21.7 Å². The summed E-state index contributed by atoms with van der Waals surface area (Å²) < 4.78 is 6.74. The Morgan fingerprint density at radius 3 is 2.70 bits per heavy atom. The third-order valence-corrected chi connectivity index (χ3v) is 6.79. The Balaban J connectivity index is 1.59. The van der Waals surface area contributed by atoms with Gasteiger partial charge in [-0.3, -0.25) is 4.79 Å². The molecule has 3 aromatic heterocycles. The topological polar surface area (TPSA) is 84.7 Å². The molecule has 0 aliphatic heterocycles. The van der Waals surface area contributed by atoms with E-state index in [9.17, 15) is 4.79 Å².